The minimum Gasteiger partial charge on any atom is -0.461 e. The highest BCUT2D eigenvalue weighted by Crippen LogP contribution is 2.08. The van der Waals surface area contributed by atoms with Crippen molar-refractivity contribution in [3.8, 4) is 0 Å². The Balaban J connectivity index is 1.75. The molecule has 0 bridgehead atoms. The van der Waals surface area contributed by atoms with E-state index in [4.69, 9.17) is 4.74 Å². The number of para-hydroxylation sites is 1. The molecule has 104 valence electrons. The van der Waals surface area contributed by atoms with Crippen LogP contribution in [0.1, 0.15) is 12.5 Å². The number of rotatable bonds is 6. The van der Waals surface area contributed by atoms with Crippen LogP contribution in [0.2, 0.25) is 0 Å². The van der Waals surface area contributed by atoms with Crippen LogP contribution in [0.4, 0.5) is 5.69 Å². The van der Waals surface area contributed by atoms with Gasteiger partial charge in [-0.2, -0.15) is 0 Å². The van der Waals surface area contributed by atoms with E-state index in [0.29, 0.717) is 13.2 Å². The molecule has 0 aliphatic carbocycles. The molecule has 1 atom stereocenters. The zero-order valence-electron chi connectivity index (χ0n) is 11.6. The second-order valence-corrected chi connectivity index (χ2v) is 4.74. The van der Waals surface area contributed by atoms with Gasteiger partial charge in [0.15, 0.2) is 0 Å². The van der Waals surface area contributed by atoms with Crippen molar-refractivity contribution in [3.05, 3.63) is 66.2 Å². The summed E-state index contributed by atoms with van der Waals surface area (Å²) in [5.41, 5.74) is 2.01. The fourth-order valence-electron chi connectivity index (χ4n) is 1.78. The average molecular weight is 269 g/mol. The lowest BCUT2D eigenvalue weighted by Gasteiger charge is -2.13. The van der Waals surface area contributed by atoms with Crippen molar-refractivity contribution in [2.24, 2.45) is 5.92 Å². The molecule has 0 aliphatic heterocycles. The monoisotopic (exact) mass is 269 g/mol. The number of nitrogens with one attached hydrogen (secondary N) is 1. The predicted octanol–water partition coefficient (Wildman–Crippen LogP) is 3.48. The van der Waals surface area contributed by atoms with Crippen LogP contribution in [0.25, 0.3) is 0 Å². The maximum absolute atomic E-state index is 11.9. The lowest BCUT2D eigenvalue weighted by molar-refractivity contribution is -0.148. The molecule has 2 rings (SSSR count). The smallest absolute Gasteiger partial charge is 0.310 e. The van der Waals surface area contributed by atoms with Crippen LogP contribution in [0.3, 0.4) is 0 Å². The second kappa shape index (κ2) is 7.34. The Hall–Kier alpha value is -2.29. The predicted molar refractivity (Wildman–Crippen MR) is 80.3 cm³/mol. The molecule has 0 saturated heterocycles. The highest BCUT2D eigenvalue weighted by molar-refractivity contribution is 5.72. The van der Waals surface area contributed by atoms with Gasteiger partial charge < -0.3 is 10.1 Å². The van der Waals surface area contributed by atoms with Gasteiger partial charge in [-0.3, -0.25) is 4.79 Å². The van der Waals surface area contributed by atoms with E-state index in [-0.39, 0.29) is 11.9 Å². The number of hydrogen-bond donors (Lipinski definition) is 1. The number of benzene rings is 2. The Labute approximate surface area is 119 Å². The summed E-state index contributed by atoms with van der Waals surface area (Å²) in [4.78, 5) is 11.9. The number of esters is 1. The molecule has 0 fully saturated rings. The minimum atomic E-state index is -0.183. The quantitative estimate of drug-likeness (QED) is 0.816. The molecule has 0 spiro atoms. The van der Waals surface area contributed by atoms with Crippen LogP contribution in [-0.2, 0) is 16.1 Å². The van der Waals surface area contributed by atoms with Gasteiger partial charge in [0, 0.05) is 12.2 Å². The SMILES string of the molecule is CC(CNc1ccccc1)C(=O)OCc1ccccc1. The molecule has 2 aromatic carbocycles. The van der Waals surface area contributed by atoms with Crippen LogP contribution in [0, 0.1) is 5.92 Å². The Morgan fingerprint density at radius 3 is 2.30 bits per heavy atom. The molecule has 1 N–H and O–H groups in total. The largest absolute Gasteiger partial charge is 0.461 e. The Kier molecular flexibility index (Phi) is 5.18. The van der Waals surface area contributed by atoms with Crippen LogP contribution in [0.5, 0.6) is 0 Å². The summed E-state index contributed by atoms with van der Waals surface area (Å²) in [5.74, 6) is -0.365. The van der Waals surface area contributed by atoms with E-state index in [2.05, 4.69) is 5.32 Å². The first-order chi connectivity index (χ1) is 9.75. The molecule has 0 amide bonds. The van der Waals surface area contributed by atoms with E-state index in [0.717, 1.165) is 11.3 Å². The van der Waals surface area contributed by atoms with Gasteiger partial charge in [0.05, 0.1) is 5.92 Å². The lowest BCUT2D eigenvalue weighted by Crippen LogP contribution is -2.22. The third kappa shape index (κ3) is 4.43. The van der Waals surface area contributed by atoms with Gasteiger partial charge in [0.25, 0.3) is 0 Å². The highest BCUT2D eigenvalue weighted by atomic mass is 16.5. The Morgan fingerprint density at radius 2 is 1.65 bits per heavy atom. The maximum atomic E-state index is 11.9. The molecule has 0 radical (unpaired) electrons. The molecule has 3 nitrogen and oxygen atoms in total. The number of hydrogen-bond acceptors (Lipinski definition) is 3. The molecular weight excluding hydrogens is 250 g/mol. The van der Waals surface area contributed by atoms with Gasteiger partial charge in [0.1, 0.15) is 6.61 Å². The lowest BCUT2D eigenvalue weighted by atomic mass is 10.2. The van der Waals surface area contributed by atoms with Gasteiger partial charge in [-0.15, -0.1) is 0 Å². The maximum Gasteiger partial charge on any atom is 0.310 e. The summed E-state index contributed by atoms with van der Waals surface area (Å²) in [6, 6.07) is 19.5. The van der Waals surface area contributed by atoms with Crippen molar-refractivity contribution >= 4 is 11.7 Å². The standard InChI is InChI=1S/C17H19NO2/c1-14(12-18-16-10-6-3-7-11-16)17(19)20-13-15-8-4-2-5-9-15/h2-11,14,18H,12-13H2,1H3. The summed E-state index contributed by atoms with van der Waals surface area (Å²) in [7, 11) is 0. The fraction of sp³-hybridized carbons (Fsp3) is 0.235. The molecule has 0 aliphatic rings. The third-order valence-corrected chi connectivity index (χ3v) is 3.01. The Morgan fingerprint density at radius 1 is 1.05 bits per heavy atom. The minimum absolute atomic E-state index is 0.182. The first-order valence-electron chi connectivity index (χ1n) is 6.75. The van der Waals surface area contributed by atoms with E-state index in [1.165, 1.54) is 0 Å². The zero-order valence-corrected chi connectivity index (χ0v) is 11.6. The third-order valence-electron chi connectivity index (χ3n) is 3.01. The van der Waals surface area contributed by atoms with E-state index < -0.39 is 0 Å². The van der Waals surface area contributed by atoms with Crippen LogP contribution >= 0.6 is 0 Å². The van der Waals surface area contributed by atoms with Gasteiger partial charge in [-0.25, -0.2) is 0 Å². The van der Waals surface area contributed by atoms with Crippen LogP contribution < -0.4 is 5.32 Å². The first kappa shape index (κ1) is 14.1. The van der Waals surface area contributed by atoms with Crippen LogP contribution in [0.15, 0.2) is 60.7 Å². The number of ether oxygens (including phenoxy) is 1. The second-order valence-electron chi connectivity index (χ2n) is 4.74. The van der Waals surface area contributed by atoms with Crippen molar-refractivity contribution in [3.63, 3.8) is 0 Å². The summed E-state index contributed by atoms with van der Waals surface area (Å²) >= 11 is 0. The highest BCUT2D eigenvalue weighted by Gasteiger charge is 2.14. The number of carbonyl (C=O) groups excluding carboxylic acids is 1. The molecule has 3 heteroatoms. The molecule has 0 heterocycles. The van der Waals surface area contributed by atoms with Gasteiger partial charge in [0.2, 0.25) is 0 Å². The summed E-state index contributed by atoms with van der Waals surface area (Å²) in [6.45, 7) is 2.76. The normalized spacial score (nSPS) is 11.7. The van der Waals surface area contributed by atoms with Gasteiger partial charge in [-0.05, 0) is 17.7 Å². The summed E-state index contributed by atoms with van der Waals surface area (Å²) in [5, 5.41) is 3.22. The molecule has 20 heavy (non-hydrogen) atoms. The molecule has 1 unspecified atom stereocenters. The van der Waals surface area contributed by atoms with E-state index >= 15 is 0 Å². The van der Waals surface area contributed by atoms with Crippen molar-refractivity contribution in [1.82, 2.24) is 0 Å². The number of carbonyl (C=O) groups is 1. The fourth-order valence-corrected chi connectivity index (χ4v) is 1.78. The molecule has 0 aromatic heterocycles. The van der Waals surface area contributed by atoms with Crippen molar-refractivity contribution < 1.29 is 9.53 Å². The van der Waals surface area contributed by atoms with E-state index in [1.807, 2.05) is 67.6 Å². The van der Waals surface area contributed by atoms with Crippen LogP contribution in [-0.4, -0.2) is 12.5 Å². The molecule has 2 aromatic rings. The average Bonchev–Trinajstić information content (AvgIpc) is 2.52. The van der Waals surface area contributed by atoms with Gasteiger partial charge in [-0.1, -0.05) is 55.5 Å². The summed E-state index contributed by atoms with van der Waals surface area (Å²) < 4.78 is 5.30. The van der Waals surface area contributed by atoms with E-state index in [1.54, 1.807) is 0 Å². The van der Waals surface area contributed by atoms with E-state index in [9.17, 15) is 4.79 Å². The van der Waals surface area contributed by atoms with Crippen molar-refractivity contribution in [1.29, 1.82) is 0 Å². The topological polar surface area (TPSA) is 38.3 Å². The molecule has 0 saturated carbocycles. The zero-order chi connectivity index (χ0) is 14.2. The van der Waals surface area contributed by atoms with Gasteiger partial charge >= 0.3 is 5.97 Å². The number of anilines is 1. The first-order valence-corrected chi connectivity index (χ1v) is 6.75. The van der Waals surface area contributed by atoms with Crippen molar-refractivity contribution in [2.75, 3.05) is 11.9 Å². The van der Waals surface area contributed by atoms with Crippen molar-refractivity contribution in [2.45, 2.75) is 13.5 Å². The Bertz CT molecular complexity index is 525. The molecular formula is C17H19NO2. The summed E-state index contributed by atoms with van der Waals surface area (Å²) in [6.07, 6.45) is 0.